The summed E-state index contributed by atoms with van der Waals surface area (Å²) in [6.45, 7) is 2.10. The van der Waals surface area contributed by atoms with Crippen LogP contribution in [-0.4, -0.2) is 30.1 Å². The summed E-state index contributed by atoms with van der Waals surface area (Å²) in [6.07, 6.45) is 2.69. The van der Waals surface area contributed by atoms with Crippen molar-refractivity contribution in [2.75, 3.05) is 13.2 Å². The molecule has 0 N–H and O–H groups in total. The van der Waals surface area contributed by atoms with Crippen LogP contribution in [0.2, 0.25) is 0 Å². The smallest absolute Gasteiger partial charge is 0.227 e. The number of hydrogen-bond donors (Lipinski definition) is 0. The SMILES string of the molecule is O=C(Cc1cccc2ccccc12)N(Cc1ccccc1)CC1CCCO1. The van der Waals surface area contributed by atoms with Gasteiger partial charge in [0.1, 0.15) is 0 Å². The second-order valence-corrected chi connectivity index (χ2v) is 7.21. The minimum atomic E-state index is 0.158. The van der Waals surface area contributed by atoms with Crippen LogP contribution in [0.5, 0.6) is 0 Å². The maximum atomic E-state index is 13.2. The molecule has 3 aromatic rings. The lowest BCUT2D eigenvalue weighted by Gasteiger charge is -2.26. The number of fused-ring (bicyclic) bond motifs is 1. The summed E-state index contributed by atoms with van der Waals surface area (Å²) in [6, 6.07) is 24.7. The monoisotopic (exact) mass is 359 g/mol. The lowest BCUT2D eigenvalue weighted by Crippen LogP contribution is -2.37. The van der Waals surface area contributed by atoms with Crippen molar-refractivity contribution < 1.29 is 9.53 Å². The van der Waals surface area contributed by atoms with Crippen LogP contribution >= 0.6 is 0 Å². The lowest BCUT2D eigenvalue weighted by molar-refractivity contribution is -0.132. The number of benzene rings is 3. The van der Waals surface area contributed by atoms with E-state index >= 15 is 0 Å². The van der Waals surface area contributed by atoms with Gasteiger partial charge in [0.2, 0.25) is 5.91 Å². The lowest BCUT2D eigenvalue weighted by atomic mass is 10.0. The van der Waals surface area contributed by atoms with E-state index in [1.165, 1.54) is 5.39 Å². The molecule has 1 saturated heterocycles. The molecule has 0 aromatic heterocycles. The van der Waals surface area contributed by atoms with Gasteiger partial charge in [-0.2, -0.15) is 0 Å². The Morgan fingerprint density at radius 2 is 1.74 bits per heavy atom. The molecule has 4 rings (SSSR count). The van der Waals surface area contributed by atoms with E-state index in [0.717, 1.165) is 36.0 Å². The quantitative estimate of drug-likeness (QED) is 0.644. The van der Waals surface area contributed by atoms with Crippen LogP contribution in [0.15, 0.2) is 72.8 Å². The van der Waals surface area contributed by atoms with Gasteiger partial charge in [-0.15, -0.1) is 0 Å². The van der Waals surface area contributed by atoms with Gasteiger partial charge in [0, 0.05) is 19.7 Å². The van der Waals surface area contributed by atoms with Crippen molar-refractivity contribution in [3.05, 3.63) is 83.9 Å². The maximum absolute atomic E-state index is 13.2. The summed E-state index contributed by atoms with van der Waals surface area (Å²) in [5.41, 5.74) is 2.24. The Morgan fingerprint density at radius 3 is 2.56 bits per heavy atom. The zero-order valence-electron chi connectivity index (χ0n) is 15.5. The summed E-state index contributed by atoms with van der Waals surface area (Å²) < 4.78 is 5.80. The Morgan fingerprint density at radius 1 is 0.963 bits per heavy atom. The van der Waals surface area contributed by atoms with Crippen molar-refractivity contribution in [1.29, 1.82) is 0 Å². The van der Waals surface area contributed by atoms with Crippen molar-refractivity contribution in [3.8, 4) is 0 Å². The van der Waals surface area contributed by atoms with Gasteiger partial charge in [0.15, 0.2) is 0 Å². The van der Waals surface area contributed by atoms with E-state index in [1.807, 2.05) is 41.3 Å². The molecule has 0 spiro atoms. The molecule has 1 fully saturated rings. The van der Waals surface area contributed by atoms with Crippen LogP contribution in [0, 0.1) is 0 Å². The molecule has 0 radical (unpaired) electrons. The second-order valence-electron chi connectivity index (χ2n) is 7.21. The van der Waals surface area contributed by atoms with Gasteiger partial charge in [-0.3, -0.25) is 4.79 Å². The van der Waals surface area contributed by atoms with Gasteiger partial charge in [-0.25, -0.2) is 0 Å². The number of amides is 1. The first kappa shape index (κ1) is 17.7. The molecule has 1 aliphatic rings. The minimum absolute atomic E-state index is 0.158. The molecule has 1 atom stereocenters. The Balaban J connectivity index is 1.55. The fraction of sp³-hybridized carbons (Fsp3) is 0.292. The average molecular weight is 359 g/mol. The van der Waals surface area contributed by atoms with Crippen LogP contribution in [0.1, 0.15) is 24.0 Å². The molecule has 0 aliphatic carbocycles. The first-order chi connectivity index (χ1) is 13.3. The zero-order chi connectivity index (χ0) is 18.5. The van der Waals surface area contributed by atoms with Crippen molar-refractivity contribution in [2.24, 2.45) is 0 Å². The van der Waals surface area contributed by atoms with E-state index in [9.17, 15) is 4.79 Å². The molecule has 3 heteroatoms. The average Bonchev–Trinajstić information content (AvgIpc) is 3.22. The summed E-state index contributed by atoms with van der Waals surface area (Å²) in [4.78, 5) is 15.2. The Labute approximate surface area is 160 Å². The van der Waals surface area contributed by atoms with Gasteiger partial charge in [0.05, 0.1) is 12.5 Å². The van der Waals surface area contributed by atoms with Crippen LogP contribution in [0.4, 0.5) is 0 Å². The topological polar surface area (TPSA) is 29.5 Å². The van der Waals surface area contributed by atoms with Gasteiger partial charge in [-0.1, -0.05) is 72.8 Å². The Bertz CT molecular complexity index is 895. The number of nitrogens with zero attached hydrogens (tertiary/aromatic N) is 1. The molecular weight excluding hydrogens is 334 g/mol. The second kappa shape index (κ2) is 8.36. The first-order valence-electron chi connectivity index (χ1n) is 9.69. The van der Waals surface area contributed by atoms with Crippen LogP contribution in [-0.2, 0) is 22.5 Å². The van der Waals surface area contributed by atoms with Gasteiger partial charge < -0.3 is 9.64 Å². The molecule has 3 aromatic carbocycles. The van der Waals surface area contributed by atoms with Crippen molar-refractivity contribution >= 4 is 16.7 Å². The highest BCUT2D eigenvalue weighted by Gasteiger charge is 2.23. The number of carbonyl (C=O) groups is 1. The molecule has 0 saturated carbocycles. The van der Waals surface area contributed by atoms with E-state index in [2.05, 4.69) is 36.4 Å². The maximum Gasteiger partial charge on any atom is 0.227 e. The van der Waals surface area contributed by atoms with E-state index in [0.29, 0.717) is 19.5 Å². The number of rotatable bonds is 6. The summed E-state index contributed by atoms with van der Waals surface area (Å²) in [5, 5.41) is 2.33. The summed E-state index contributed by atoms with van der Waals surface area (Å²) >= 11 is 0. The normalized spacial score (nSPS) is 16.5. The highest BCUT2D eigenvalue weighted by atomic mass is 16.5. The predicted octanol–water partition coefficient (Wildman–Crippen LogP) is 4.59. The molecule has 1 amide bonds. The number of hydrogen-bond acceptors (Lipinski definition) is 2. The van der Waals surface area contributed by atoms with Gasteiger partial charge >= 0.3 is 0 Å². The van der Waals surface area contributed by atoms with Crippen molar-refractivity contribution in [2.45, 2.75) is 31.9 Å². The van der Waals surface area contributed by atoms with Crippen LogP contribution in [0.3, 0.4) is 0 Å². The fourth-order valence-electron chi connectivity index (χ4n) is 3.81. The molecule has 1 heterocycles. The summed E-state index contributed by atoms with van der Waals surface area (Å²) in [5.74, 6) is 0.158. The van der Waals surface area contributed by atoms with Crippen LogP contribution in [0.25, 0.3) is 10.8 Å². The molecule has 1 aliphatic heterocycles. The number of carbonyl (C=O) groups excluding carboxylic acids is 1. The fourth-order valence-corrected chi connectivity index (χ4v) is 3.81. The van der Waals surface area contributed by atoms with Gasteiger partial charge in [0.25, 0.3) is 0 Å². The molecule has 138 valence electrons. The third-order valence-electron chi connectivity index (χ3n) is 5.24. The summed E-state index contributed by atoms with van der Waals surface area (Å²) in [7, 11) is 0. The third kappa shape index (κ3) is 4.37. The van der Waals surface area contributed by atoms with Crippen LogP contribution < -0.4 is 0 Å². The van der Waals surface area contributed by atoms with E-state index < -0.39 is 0 Å². The molecule has 27 heavy (non-hydrogen) atoms. The molecule has 0 bridgehead atoms. The Kier molecular flexibility index (Phi) is 5.50. The zero-order valence-corrected chi connectivity index (χ0v) is 15.5. The van der Waals surface area contributed by atoms with Gasteiger partial charge in [-0.05, 0) is 34.7 Å². The minimum Gasteiger partial charge on any atom is -0.376 e. The highest BCUT2D eigenvalue weighted by Crippen LogP contribution is 2.21. The first-order valence-corrected chi connectivity index (χ1v) is 9.69. The van der Waals surface area contributed by atoms with E-state index in [-0.39, 0.29) is 12.0 Å². The van der Waals surface area contributed by atoms with Crippen molar-refractivity contribution in [1.82, 2.24) is 4.90 Å². The highest BCUT2D eigenvalue weighted by molar-refractivity contribution is 5.90. The molecule has 1 unspecified atom stereocenters. The van der Waals surface area contributed by atoms with E-state index in [4.69, 9.17) is 4.74 Å². The molecular formula is C24H25NO2. The van der Waals surface area contributed by atoms with E-state index in [1.54, 1.807) is 0 Å². The molecule has 3 nitrogen and oxygen atoms in total. The standard InChI is InChI=1S/C24H25NO2/c26-24(16-21-12-6-11-20-10-4-5-14-23(20)21)25(18-22-13-7-15-27-22)17-19-8-2-1-3-9-19/h1-6,8-12,14,22H,7,13,15-18H2. The number of ether oxygens (including phenoxy) is 1. The Hall–Kier alpha value is -2.65. The third-order valence-corrected chi connectivity index (χ3v) is 5.24. The van der Waals surface area contributed by atoms with Crippen molar-refractivity contribution in [3.63, 3.8) is 0 Å². The largest absolute Gasteiger partial charge is 0.376 e. The predicted molar refractivity (Wildman–Crippen MR) is 108 cm³/mol.